The van der Waals surface area contributed by atoms with E-state index in [2.05, 4.69) is 9.47 Å². The Labute approximate surface area is 107 Å². The number of hydrogen-bond acceptors (Lipinski definition) is 3. The molecule has 19 heavy (non-hydrogen) atoms. The summed E-state index contributed by atoms with van der Waals surface area (Å²) in [5.41, 5.74) is -0.287. The van der Waals surface area contributed by atoms with E-state index in [1.54, 1.807) is 0 Å². The summed E-state index contributed by atoms with van der Waals surface area (Å²) in [5, 5.41) is 0. The van der Waals surface area contributed by atoms with Crippen molar-refractivity contribution in [3.8, 4) is 5.75 Å². The zero-order chi connectivity index (χ0) is 14.5. The Morgan fingerprint density at radius 2 is 1.95 bits per heavy atom. The third-order valence-corrected chi connectivity index (χ3v) is 2.08. The number of alkyl halides is 4. The van der Waals surface area contributed by atoms with Gasteiger partial charge in [0, 0.05) is 5.56 Å². The Morgan fingerprint density at radius 1 is 1.32 bits per heavy atom. The Hall–Kier alpha value is -1.79. The van der Waals surface area contributed by atoms with Crippen LogP contribution in [-0.2, 0) is 9.53 Å². The monoisotopic (exact) mass is 280 g/mol. The summed E-state index contributed by atoms with van der Waals surface area (Å²) in [6, 6.07) is 5.11. The molecule has 0 spiro atoms. The molecule has 0 fully saturated rings. The van der Waals surface area contributed by atoms with Crippen molar-refractivity contribution in [3.05, 3.63) is 29.8 Å². The van der Waals surface area contributed by atoms with Gasteiger partial charge in [-0.15, -0.1) is 0 Å². The number of esters is 1. The van der Waals surface area contributed by atoms with Crippen molar-refractivity contribution in [3.63, 3.8) is 0 Å². The molecule has 106 valence electrons. The predicted octanol–water partition coefficient (Wildman–Crippen LogP) is 3.20. The number of rotatable bonds is 5. The summed E-state index contributed by atoms with van der Waals surface area (Å²) in [7, 11) is 0. The van der Waals surface area contributed by atoms with Gasteiger partial charge in [-0.05, 0) is 13.0 Å². The molecule has 0 aromatic heterocycles. The van der Waals surface area contributed by atoms with Crippen molar-refractivity contribution in [2.45, 2.75) is 19.3 Å². The first-order chi connectivity index (χ1) is 8.85. The average molecular weight is 280 g/mol. The lowest BCUT2D eigenvalue weighted by atomic mass is 10.1. The summed E-state index contributed by atoms with van der Waals surface area (Å²) in [4.78, 5) is 11.2. The highest BCUT2D eigenvalue weighted by Gasteiger charge is 2.30. The van der Waals surface area contributed by atoms with Gasteiger partial charge in [0.25, 0.3) is 0 Å². The standard InChI is InChI=1S/C12H12F4O3/c1-2-18-11(17)10(13)8-5-3-4-6-9(8)19-7-12(14,15)16/h3-6,10H,2,7H2,1H3. The number of halogens is 4. The molecule has 0 saturated carbocycles. The molecule has 1 aromatic carbocycles. The van der Waals surface area contributed by atoms with Gasteiger partial charge in [-0.3, -0.25) is 0 Å². The van der Waals surface area contributed by atoms with Crippen molar-refractivity contribution < 1.29 is 31.8 Å². The molecule has 0 amide bonds. The minimum atomic E-state index is -4.54. The van der Waals surface area contributed by atoms with Crippen molar-refractivity contribution in [2.24, 2.45) is 0 Å². The SMILES string of the molecule is CCOC(=O)C(F)c1ccccc1OCC(F)(F)F. The van der Waals surface area contributed by atoms with E-state index in [0.717, 1.165) is 6.07 Å². The number of ether oxygens (including phenoxy) is 2. The van der Waals surface area contributed by atoms with E-state index in [0.29, 0.717) is 0 Å². The zero-order valence-corrected chi connectivity index (χ0v) is 10.0. The van der Waals surface area contributed by atoms with E-state index in [4.69, 9.17) is 0 Å². The van der Waals surface area contributed by atoms with Crippen molar-refractivity contribution in [2.75, 3.05) is 13.2 Å². The maximum Gasteiger partial charge on any atom is 0.422 e. The molecule has 0 bridgehead atoms. The van der Waals surface area contributed by atoms with Crippen LogP contribution in [-0.4, -0.2) is 25.4 Å². The summed E-state index contributed by atoms with van der Waals surface area (Å²) in [6.45, 7) is -0.0823. The number of para-hydroxylation sites is 1. The number of benzene rings is 1. The van der Waals surface area contributed by atoms with Crippen LogP contribution in [0.4, 0.5) is 17.6 Å². The molecule has 1 aromatic rings. The normalized spacial score (nSPS) is 12.9. The van der Waals surface area contributed by atoms with Crippen LogP contribution in [0, 0.1) is 0 Å². The molecule has 0 aliphatic carbocycles. The zero-order valence-electron chi connectivity index (χ0n) is 10.0. The van der Waals surface area contributed by atoms with Crippen LogP contribution >= 0.6 is 0 Å². The van der Waals surface area contributed by atoms with Crippen LogP contribution in [0.2, 0.25) is 0 Å². The van der Waals surface area contributed by atoms with Crippen LogP contribution in [0.25, 0.3) is 0 Å². The van der Waals surface area contributed by atoms with Crippen molar-refractivity contribution in [1.29, 1.82) is 0 Å². The third-order valence-electron chi connectivity index (χ3n) is 2.08. The largest absolute Gasteiger partial charge is 0.484 e. The van der Waals surface area contributed by atoms with Crippen molar-refractivity contribution in [1.82, 2.24) is 0 Å². The fourth-order valence-corrected chi connectivity index (χ4v) is 1.32. The van der Waals surface area contributed by atoms with Crippen molar-refractivity contribution >= 4 is 5.97 Å². The van der Waals surface area contributed by atoms with Gasteiger partial charge in [-0.2, -0.15) is 13.2 Å². The second-order valence-electron chi connectivity index (χ2n) is 3.56. The minimum Gasteiger partial charge on any atom is -0.484 e. The molecular weight excluding hydrogens is 268 g/mol. The maximum atomic E-state index is 13.8. The molecule has 1 rings (SSSR count). The van der Waals surface area contributed by atoms with Gasteiger partial charge in [0.15, 0.2) is 6.61 Å². The fourth-order valence-electron chi connectivity index (χ4n) is 1.32. The number of carbonyl (C=O) groups excluding carboxylic acids is 1. The Morgan fingerprint density at radius 3 is 2.53 bits per heavy atom. The minimum absolute atomic E-state index is 0.0230. The van der Waals surface area contributed by atoms with Gasteiger partial charge in [0.1, 0.15) is 5.75 Å². The Kier molecular flexibility index (Phi) is 5.14. The van der Waals surface area contributed by atoms with Crippen LogP contribution in [0.5, 0.6) is 5.75 Å². The molecule has 1 unspecified atom stereocenters. The highest BCUT2D eigenvalue weighted by atomic mass is 19.4. The van der Waals surface area contributed by atoms with E-state index < -0.39 is 24.9 Å². The molecule has 7 heteroatoms. The third kappa shape index (κ3) is 4.76. The molecule has 0 saturated heterocycles. The highest BCUT2D eigenvalue weighted by molar-refractivity contribution is 5.77. The molecule has 0 N–H and O–H groups in total. The first-order valence-corrected chi connectivity index (χ1v) is 5.44. The van der Waals surface area contributed by atoms with Gasteiger partial charge >= 0.3 is 12.1 Å². The van der Waals surface area contributed by atoms with E-state index in [9.17, 15) is 22.4 Å². The second-order valence-corrected chi connectivity index (χ2v) is 3.56. The second kappa shape index (κ2) is 6.40. The van der Waals surface area contributed by atoms with E-state index in [-0.39, 0.29) is 17.9 Å². The van der Waals surface area contributed by atoms with E-state index in [1.807, 2.05) is 0 Å². The van der Waals surface area contributed by atoms with Crippen LogP contribution in [0.3, 0.4) is 0 Å². The quantitative estimate of drug-likeness (QED) is 0.613. The number of hydrogen-bond donors (Lipinski definition) is 0. The summed E-state index contributed by atoms with van der Waals surface area (Å²) in [6.07, 6.45) is -6.72. The highest BCUT2D eigenvalue weighted by Crippen LogP contribution is 2.30. The van der Waals surface area contributed by atoms with E-state index >= 15 is 0 Å². The maximum absolute atomic E-state index is 13.8. The lowest BCUT2D eigenvalue weighted by Crippen LogP contribution is -2.20. The molecule has 0 heterocycles. The lowest BCUT2D eigenvalue weighted by molar-refractivity contribution is -0.154. The van der Waals surface area contributed by atoms with Gasteiger partial charge in [0.05, 0.1) is 6.61 Å². The molecule has 0 aliphatic heterocycles. The number of carbonyl (C=O) groups is 1. The van der Waals surface area contributed by atoms with Crippen LogP contribution in [0.15, 0.2) is 24.3 Å². The first-order valence-electron chi connectivity index (χ1n) is 5.44. The smallest absolute Gasteiger partial charge is 0.422 e. The summed E-state index contributed by atoms with van der Waals surface area (Å²) >= 11 is 0. The molecule has 0 aliphatic rings. The summed E-state index contributed by atoms with van der Waals surface area (Å²) < 4.78 is 58.8. The van der Waals surface area contributed by atoms with Crippen LogP contribution in [0.1, 0.15) is 18.7 Å². The molecular formula is C12H12F4O3. The first kappa shape index (κ1) is 15.3. The Bertz CT molecular complexity index is 431. The van der Waals surface area contributed by atoms with Gasteiger partial charge < -0.3 is 9.47 Å². The average Bonchev–Trinajstić information content (AvgIpc) is 2.35. The van der Waals surface area contributed by atoms with E-state index in [1.165, 1.54) is 25.1 Å². The predicted molar refractivity (Wildman–Crippen MR) is 58.5 cm³/mol. The fraction of sp³-hybridized carbons (Fsp3) is 0.417. The van der Waals surface area contributed by atoms with Gasteiger partial charge in [0.2, 0.25) is 6.17 Å². The summed E-state index contributed by atoms with van der Waals surface area (Å²) in [5.74, 6) is -1.49. The van der Waals surface area contributed by atoms with Crippen LogP contribution < -0.4 is 4.74 Å². The molecule has 1 atom stereocenters. The topological polar surface area (TPSA) is 35.5 Å². The van der Waals surface area contributed by atoms with Gasteiger partial charge in [-0.25, -0.2) is 9.18 Å². The van der Waals surface area contributed by atoms with Gasteiger partial charge in [-0.1, -0.05) is 18.2 Å². The Balaban J connectivity index is 2.86. The molecule has 3 nitrogen and oxygen atoms in total. The lowest BCUT2D eigenvalue weighted by Gasteiger charge is -2.14. The molecule has 0 radical (unpaired) electrons.